The Labute approximate surface area is 114 Å². The van der Waals surface area contributed by atoms with E-state index in [-0.39, 0.29) is 18.5 Å². The largest absolute Gasteiger partial charge is 0.595 e. The number of carbonyl (C=O) groups excluding carboxylic acids is 1. The molecule has 0 aromatic rings. The van der Waals surface area contributed by atoms with E-state index < -0.39 is 11.7 Å². The number of hydrogen-bond acceptors (Lipinski definition) is 5. The molecule has 0 bridgehead atoms. The smallest absolute Gasteiger partial charge is 0.244 e. The molecule has 104 valence electrons. The van der Waals surface area contributed by atoms with Gasteiger partial charge in [-0.1, -0.05) is 20.8 Å². The number of nitrogens with zero attached hydrogens (tertiary/aromatic N) is 2. The Morgan fingerprint density at radius 1 is 1.56 bits per heavy atom. The number of ether oxygens (including phenoxy) is 1. The van der Waals surface area contributed by atoms with Crippen molar-refractivity contribution in [3.8, 4) is 0 Å². The Hall–Kier alpha value is -0.910. The van der Waals surface area contributed by atoms with E-state index in [1.807, 2.05) is 0 Å². The zero-order valence-electron chi connectivity index (χ0n) is 11.2. The number of aliphatic imine (C=N–C) groups is 1. The fourth-order valence-corrected chi connectivity index (χ4v) is 2.25. The van der Waals surface area contributed by atoms with Gasteiger partial charge in [0, 0.05) is 23.9 Å². The SMILES string of the molecule is CC(C)(C)OC([O-])=NCC(=O)N1CCCC1CS. The molecule has 1 aliphatic heterocycles. The van der Waals surface area contributed by atoms with Gasteiger partial charge < -0.3 is 14.7 Å². The molecule has 1 amide bonds. The van der Waals surface area contributed by atoms with Gasteiger partial charge in [-0.2, -0.15) is 12.6 Å². The highest BCUT2D eigenvalue weighted by molar-refractivity contribution is 7.80. The maximum atomic E-state index is 11.9. The quantitative estimate of drug-likeness (QED) is 0.461. The number of carbonyl (C=O) groups is 1. The average Bonchev–Trinajstić information content (AvgIpc) is 2.71. The molecule has 1 saturated heterocycles. The molecule has 1 heterocycles. The molecule has 18 heavy (non-hydrogen) atoms. The van der Waals surface area contributed by atoms with Crippen molar-refractivity contribution in [2.75, 3.05) is 18.8 Å². The fraction of sp³-hybridized carbons (Fsp3) is 0.833. The summed E-state index contributed by atoms with van der Waals surface area (Å²) in [5.41, 5.74) is -0.578. The van der Waals surface area contributed by atoms with Crippen molar-refractivity contribution in [3.05, 3.63) is 0 Å². The lowest BCUT2D eigenvalue weighted by atomic mass is 10.2. The van der Waals surface area contributed by atoms with Gasteiger partial charge in [0.2, 0.25) is 5.91 Å². The molecule has 5 nitrogen and oxygen atoms in total. The summed E-state index contributed by atoms with van der Waals surface area (Å²) in [5.74, 6) is 0.524. The second-order valence-corrected chi connectivity index (χ2v) is 5.73. The zero-order chi connectivity index (χ0) is 13.8. The van der Waals surface area contributed by atoms with Gasteiger partial charge in [-0.3, -0.25) is 9.79 Å². The molecule has 0 aliphatic carbocycles. The first kappa shape index (κ1) is 15.1. The van der Waals surface area contributed by atoms with Crippen molar-refractivity contribution >= 4 is 24.6 Å². The van der Waals surface area contributed by atoms with Crippen molar-refractivity contribution in [2.24, 2.45) is 4.99 Å². The van der Waals surface area contributed by atoms with E-state index in [1.54, 1.807) is 25.7 Å². The number of likely N-dealkylation sites (tertiary alicyclic amines) is 1. The molecule has 1 fully saturated rings. The van der Waals surface area contributed by atoms with Crippen LogP contribution in [0.15, 0.2) is 4.99 Å². The van der Waals surface area contributed by atoms with Crippen LogP contribution in [0.1, 0.15) is 33.6 Å². The second-order valence-electron chi connectivity index (χ2n) is 5.36. The summed E-state index contributed by atoms with van der Waals surface area (Å²) in [4.78, 5) is 17.3. The molecule has 0 radical (unpaired) electrons. The molecule has 1 aliphatic rings. The van der Waals surface area contributed by atoms with Gasteiger partial charge in [0.15, 0.2) is 0 Å². The molecular weight excluding hydrogens is 252 g/mol. The highest BCUT2D eigenvalue weighted by atomic mass is 32.1. The van der Waals surface area contributed by atoms with Gasteiger partial charge >= 0.3 is 0 Å². The summed E-state index contributed by atoms with van der Waals surface area (Å²) in [7, 11) is 0. The van der Waals surface area contributed by atoms with Gasteiger partial charge in [-0.25, -0.2) is 0 Å². The van der Waals surface area contributed by atoms with Crippen LogP contribution in [0.2, 0.25) is 0 Å². The third kappa shape index (κ3) is 4.76. The lowest BCUT2D eigenvalue weighted by molar-refractivity contribution is -0.260. The van der Waals surface area contributed by atoms with Gasteiger partial charge in [0.1, 0.15) is 12.6 Å². The molecule has 0 spiro atoms. The minimum Gasteiger partial charge on any atom is -0.595 e. The van der Waals surface area contributed by atoms with E-state index in [0.29, 0.717) is 5.75 Å². The summed E-state index contributed by atoms with van der Waals surface area (Å²) in [5, 5.41) is 11.4. The van der Waals surface area contributed by atoms with Crippen molar-refractivity contribution in [1.29, 1.82) is 0 Å². The summed E-state index contributed by atoms with van der Waals surface area (Å²) in [6.07, 6.45) is 1.28. The summed E-state index contributed by atoms with van der Waals surface area (Å²) < 4.78 is 5.01. The molecule has 1 atom stereocenters. The molecule has 1 unspecified atom stereocenters. The van der Waals surface area contributed by atoms with Crippen LogP contribution in [-0.2, 0) is 9.53 Å². The second kappa shape index (κ2) is 6.31. The minimum absolute atomic E-state index is 0.127. The van der Waals surface area contributed by atoms with Crippen LogP contribution in [0.4, 0.5) is 0 Å². The van der Waals surface area contributed by atoms with Gasteiger partial charge in [-0.15, -0.1) is 0 Å². The van der Waals surface area contributed by atoms with Crippen LogP contribution in [0, 0.1) is 0 Å². The van der Waals surface area contributed by atoms with Gasteiger partial charge in [0.05, 0.1) is 0 Å². The first-order chi connectivity index (χ1) is 8.33. The van der Waals surface area contributed by atoms with E-state index in [0.717, 1.165) is 19.4 Å². The number of rotatable bonds is 3. The Kier molecular flexibility index (Phi) is 5.31. The van der Waals surface area contributed by atoms with Gasteiger partial charge in [-0.05, 0) is 12.8 Å². The Morgan fingerprint density at radius 3 is 2.78 bits per heavy atom. The first-order valence-corrected chi connectivity index (χ1v) is 6.77. The van der Waals surface area contributed by atoms with Crippen molar-refractivity contribution in [3.63, 3.8) is 0 Å². The van der Waals surface area contributed by atoms with Crippen LogP contribution in [0.3, 0.4) is 0 Å². The molecule has 0 N–H and O–H groups in total. The Morgan fingerprint density at radius 2 is 2.22 bits per heavy atom. The minimum atomic E-state index is -0.683. The molecular formula is C12H21N2O3S-. The lowest BCUT2D eigenvalue weighted by Crippen LogP contribution is -2.39. The van der Waals surface area contributed by atoms with E-state index in [1.165, 1.54) is 0 Å². The van der Waals surface area contributed by atoms with E-state index in [2.05, 4.69) is 17.6 Å². The molecule has 0 aromatic carbocycles. The highest BCUT2D eigenvalue weighted by Crippen LogP contribution is 2.18. The third-order valence-electron chi connectivity index (χ3n) is 2.65. The van der Waals surface area contributed by atoms with E-state index in [9.17, 15) is 9.90 Å². The Balaban J connectivity index is 2.47. The van der Waals surface area contributed by atoms with Crippen LogP contribution in [0.25, 0.3) is 0 Å². The fourth-order valence-electron chi connectivity index (χ4n) is 1.87. The normalized spacial score (nSPS) is 21.2. The standard InChI is InChI=1S/C12H22N2O3S/c1-12(2,3)17-11(16)13-7-10(15)14-6-4-5-9(14)8-18/h9,18H,4-8H2,1-3H3,(H,13,16)/p-1. The lowest BCUT2D eigenvalue weighted by Gasteiger charge is -2.29. The molecule has 6 heteroatoms. The number of amides is 1. The zero-order valence-corrected chi connectivity index (χ0v) is 12.1. The average molecular weight is 273 g/mol. The third-order valence-corrected chi connectivity index (χ3v) is 3.07. The maximum absolute atomic E-state index is 11.9. The van der Waals surface area contributed by atoms with Crippen LogP contribution >= 0.6 is 12.6 Å². The molecule has 0 saturated carbocycles. The monoisotopic (exact) mass is 273 g/mol. The van der Waals surface area contributed by atoms with Crippen LogP contribution in [0.5, 0.6) is 0 Å². The topological polar surface area (TPSA) is 65.0 Å². The summed E-state index contributed by atoms with van der Waals surface area (Å²) >= 11 is 4.22. The predicted octanol–water partition coefficient (Wildman–Crippen LogP) is 0.439. The van der Waals surface area contributed by atoms with Crippen molar-refractivity contribution < 1.29 is 14.6 Å². The van der Waals surface area contributed by atoms with Crippen molar-refractivity contribution in [1.82, 2.24) is 4.90 Å². The number of hydrogen-bond donors (Lipinski definition) is 1. The summed E-state index contributed by atoms with van der Waals surface area (Å²) in [6, 6.07) is 0.176. The van der Waals surface area contributed by atoms with E-state index in [4.69, 9.17) is 4.74 Å². The molecule has 0 aromatic heterocycles. The highest BCUT2D eigenvalue weighted by Gasteiger charge is 2.26. The summed E-state index contributed by atoms with van der Waals surface area (Å²) in [6.45, 7) is 5.88. The molecule has 1 rings (SSSR count). The van der Waals surface area contributed by atoms with Gasteiger partial charge in [0.25, 0.3) is 0 Å². The van der Waals surface area contributed by atoms with Crippen LogP contribution < -0.4 is 5.11 Å². The first-order valence-electron chi connectivity index (χ1n) is 6.14. The maximum Gasteiger partial charge on any atom is 0.244 e. The van der Waals surface area contributed by atoms with Crippen molar-refractivity contribution in [2.45, 2.75) is 45.3 Å². The Bertz CT molecular complexity index is 326. The van der Waals surface area contributed by atoms with Crippen LogP contribution in [-0.4, -0.2) is 47.4 Å². The van der Waals surface area contributed by atoms with E-state index >= 15 is 0 Å². The number of thiol groups is 1. The predicted molar refractivity (Wildman–Crippen MR) is 71.7 cm³/mol.